The molecule has 0 aromatic rings. The second-order valence-corrected chi connectivity index (χ2v) is 4.26. The van der Waals surface area contributed by atoms with Crippen molar-refractivity contribution in [3.05, 3.63) is 0 Å². The smallest absolute Gasteiger partial charge is 0.0575 e. The lowest BCUT2D eigenvalue weighted by atomic mass is 9.69. The van der Waals surface area contributed by atoms with E-state index in [2.05, 4.69) is 12.2 Å². The van der Waals surface area contributed by atoms with Crippen molar-refractivity contribution in [1.29, 1.82) is 0 Å². The Morgan fingerprint density at radius 3 is 2.42 bits per heavy atom. The van der Waals surface area contributed by atoms with Crippen LogP contribution in [0.25, 0.3) is 0 Å². The molecule has 70 valence electrons. The Balaban J connectivity index is 1.77. The molecule has 0 aromatic heterocycles. The quantitative estimate of drug-likeness (QED) is 0.677. The molecule has 2 heteroatoms. The fraction of sp³-hybridized carbons (Fsp3) is 1.00. The first-order chi connectivity index (χ1) is 5.85. The second kappa shape index (κ2) is 3.35. The molecule has 2 nitrogen and oxygen atoms in total. The Bertz CT molecular complexity index is 144. The van der Waals surface area contributed by atoms with E-state index in [1.807, 2.05) is 0 Å². The van der Waals surface area contributed by atoms with Crippen LogP contribution in [0.1, 0.15) is 32.6 Å². The minimum Gasteiger partial charge on any atom is -0.379 e. The molecular formula is C10H19NO. The van der Waals surface area contributed by atoms with E-state index in [1.165, 1.54) is 38.8 Å². The molecule has 2 fully saturated rings. The SMILES string of the molecule is CCOC1CCC2(CC1)CNC2. The molecule has 0 aromatic carbocycles. The Labute approximate surface area is 74.7 Å². The number of nitrogens with one attached hydrogen (secondary N) is 1. The Kier molecular flexibility index (Phi) is 2.37. The summed E-state index contributed by atoms with van der Waals surface area (Å²) in [5, 5.41) is 3.38. The maximum Gasteiger partial charge on any atom is 0.0575 e. The molecule has 0 amide bonds. The highest BCUT2D eigenvalue weighted by Crippen LogP contribution is 2.39. The van der Waals surface area contributed by atoms with Gasteiger partial charge in [0.25, 0.3) is 0 Å². The van der Waals surface area contributed by atoms with Crippen molar-refractivity contribution in [3.63, 3.8) is 0 Å². The van der Waals surface area contributed by atoms with Crippen LogP contribution in [0.5, 0.6) is 0 Å². The Morgan fingerprint density at radius 2 is 2.00 bits per heavy atom. The van der Waals surface area contributed by atoms with Crippen molar-refractivity contribution in [2.24, 2.45) is 5.41 Å². The van der Waals surface area contributed by atoms with Crippen LogP contribution in [-0.4, -0.2) is 25.8 Å². The van der Waals surface area contributed by atoms with Gasteiger partial charge in [-0.05, 0) is 38.0 Å². The molecule has 0 bridgehead atoms. The van der Waals surface area contributed by atoms with Crippen LogP contribution in [0.3, 0.4) is 0 Å². The van der Waals surface area contributed by atoms with Crippen molar-refractivity contribution >= 4 is 0 Å². The van der Waals surface area contributed by atoms with Gasteiger partial charge in [0, 0.05) is 19.7 Å². The average Bonchev–Trinajstić information content (AvgIpc) is 2.04. The molecule has 2 rings (SSSR count). The van der Waals surface area contributed by atoms with Crippen molar-refractivity contribution in [3.8, 4) is 0 Å². The average molecular weight is 169 g/mol. The zero-order valence-corrected chi connectivity index (χ0v) is 7.94. The molecule has 12 heavy (non-hydrogen) atoms. The molecule has 1 N–H and O–H groups in total. The predicted octanol–water partition coefficient (Wildman–Crippen LogP) is 1.56. The molecule has 1 saturated heterocycles. The zero-order valence-electron chi connectivity index (χ0n) is 7.94. The summed E-state index contributed by atoms with van der Waals surface area (Å²) in [6.07, 6.45) is 5.90. The van der Waals surface area contributed by atoms with E-state index in [0.29, 0.717) is 11.5 Å². The normalized spacial score (nSPS) is 28.8. The lowest BCUT2D eigenvalue weighted by molar-refractivity contribution is -0.0139. The summed E-state index contributed by atoms with van der Waals surface area (Å²) in [6.45, 7) is 5.49. The van der Waals surface area contributed by atoms with Gasteiger partial charge in [-0.15, -0.1) is 0 Å². The third-order valence-corrected chi connectivity index (χ3v) is 3.40. The first kappa shape index (κ1) is 8.52. The maximum absolute atomic E-state index is 5.62. The highest BCUT2D eigenvalue weighted by atomic mass is 16.5. The zero-order chi connectivity index (χ0) is 8.44. The van der Waals surface area contributed by atoms with E-state index in [1.54, 1.807) is 0 Å². The summed E-state index contributed by atoms with van der Waals surface area (Å²) in [5.41, 5.74) is 0.688. The van der Waals surface area contributed by atoms with Crippen LogP contribution in [-0.2, 0) is 4.74 Å². The van der Waals surface area contributed by atoms with Crippen LogP contribution >= 0.6 is 0 Å². The van der Waals surface area contributed by atoms with Crippen molar-refractivity contribution in [1.82, 2.24) is 5.32 Å². The van der Waals surface area contributed by atoms with Gasteiger partial charge in [-0.3, -0.25) is 0 Å². The molecule has 0 atom stereocenters. The standard InChI is InChI=1S/C10H19NO/c1-2-12-9-3-5-10(6-4-9)7-11-8-10/h9,11H,2-8H2,1H3. The molecule has 1 aliphatic heterocycles. The van der Waals surface area contributed by atoms with Crippen molar-refractivity contribution in [2.75, 3.05) is 19.7 Å². The Morgan fingerprint density at radius 1 is 1.33 bits per heavy atom. The summed E-state index contributed by atoms with van der Waals surface area (Å²) in [5.74, 6) is 0. The topological polar surface area (TPSA) is 21.3 Å². The maximum atomic E-state index is 5.62. The van der Waals surface area contributed by atoms with E-state index >= 15 is 0 Å². The first-order valence-electron chi connectivity index (χ1n) is 5.17. The third-order valence-electron chi connectivity index (χ3n) is 3.40. The summed E-state index contributed by atoms with van der Waals surface area (Å²) in [6, 6.07) is 0. The van der Waals surface area contributed by atoms with Gasteiger partial charge in [0.1, 0.15) is 0 Å². The minimum atomic E-state index is 0.571. The minimum absolute atomic E-state index is 0.571. The largest absolute Gasteiger partial charge is 0.379 e. The highest BCUT2D eigenvalue weighted by Gasteiger charge is 2.40. The monoisotopic (exact) mass is 169 g/mol. The fourth-order valence-electron chi connectivity index (χ4n) is 2.44. The molecule has 0 radical (unpaired) electrons. The van der Waals surface area contributed by atoms with E-state index in [-0.39, 0.29) is 0 Å². The Hall–Kier alpha value is -0.0800. The summed E-state index contributed by atoms with van der Waals surface area (Å²) in [4.78, 5) is 0. The molecule has 1 aliphatic carbocycles. The summed E-state index contributed by atoms with van der Waals surface area (Å²) >= 11 is 0. The lowest BCUT2D eigenvalue weighted by Gasteiger charge is -2.47. The molecule has 1 spiro atoms. The van der Waals surface area contributed by atoms with E-state index in [9.17, 15) is 0 Å². The van der Waals surface area contributed by atoms with Crippen LogP contribution in [0, 0.1) is 5.41 Å². The highest BCUT2D eigenvalue weighted by molar-refractivity contribution is 4.95. The van der Waals surface area contributed by atoms with Gasteiger partial charge in [0.2, 0.25) is 0 Å². The van der Waals surface area contributed by atoms with E-state index < -0.39 is 0 Å². The van der Waals surface area contributed by atoms with E-state index in [0.717, 1.165) is 6.61 Å². The third kappa shape index (κ3) is 1.50. The van der Waals surface area contributed by atoms with Crippen molar-refractivity contribution in [2.45, 2.75) is 38.7 Å². The van der Waals surface area contributed by atoms with Crippen LogP contribution in [0.4, 0.5) is 0 Å². The summed E-state index contributed by atoms with van der Waals surface area (Å²) in [7, 11) is 0. The number of hydrogen-bond donors (Lipinski definition) is 1. The van der Waals surface area contributed by atoms with Gasteiger partial charge in [-0.1, -0.05) is 0 Å². The number of hydrogen-bond acceptors (Lipinski definition) is 2. The van der Waals surface area contributed by atoms with Gasteiger partial charge in [-0.25, -0.2) is 0 Å². The van der Waals surface area contributed by atoms with Crippen LogP contribution < -0.4 is 5.32 Å². The van der Waals surface area contributed by atoms with Gasteiger partial charge in [-0.2, -0.15) is 0 Å². The predicted molar refractivity (Wildman–Crippen MR) is 49.2 cm³/mol. The summed E-state index contributed by atoms with van der Waals surface area (Å²) < 4.78 is 5.62. The fourth-order valence-corrected chi connectivity index (χ4v) is 2.44. The number of ether oxygens (including phenoxy) is 1. The van der Waals surface area contributed by atoms with Gasteiger partial charge >= 0.3 is 0 Å². The molecule has 0 unspecified atom stereocenters. The number of rotatable bonds is 2. The molecular weight excluding hydrogens is 150 g/mol. The lowest BCUT2D eigenvalue weighted by Crippen LogP contribution is -2.55. The van der Waals surface area contributed by atoms with Gasteiger partial charge in [0.15, 0.2) is 0 Å². The second-order valence-electron chi connectivity index (χ2n) is 4.26. The van der Waals surface area contributed by atoms with Crippen LogP contribution in [0.15, 0.2) is 0 Å². The molecule has 1 heterocycles. The van der Waals surface area contributed by atoms with Crippen LogP contribution in [0.2, 0.25) is 0 Å². The van der Waals surface area contributed by atoms with Gasteiger partial charge < -0.3 is 10.1 Å². The van der Waals surface area contributed by atoms with E-state index in [4.69, 9.17) is 4.74 Å². The first-order valence-corrected chi connectivity index (χ1v) is 5.17. The van der Waals surface area contributed by atoms with Gasteiger partial charge in [0.05, 0.1) is 6.10 Å². The van der Waals surface area contributed by atoms with Crippen molar-refractivity contribution < 1.29 is 4.74 Å². The molecule has 1 saturated carbocycles. The molecule has 2 aliphatic rings.